The minimum absolute atomic E-state index is 0.267. The van der Waals surface area contributed by atoms with Crippen LogP contribution in [0, 0.1) is 0 Å². The molecule has 42 heavy (non-hydrogen) atoms. The molecule has 3 aromatic heterocycles. The lowest BCUT2D eigenvalue weighted by Crippen LogP contribution is -2.29. The van der Waals surface area contributed by atoms with Gasteiger partial charge in [0.2, 0.25) is 0 Å². The molecule has 3 nitrogen and oxygen atoms in total. The lowest BCUT2D eigenvalue weighted by atomic mass is 9.83. The molecule has 7 rings (SSSR count). The molecule has 4 aromatic rings. The van der Waals surface area contributed by atoms with Gasteiger partial charge in [0, 0.05) is 39.6 Å². The zero-order chi connectivity index (χ0) is 29.9. The van der Waals surface area contributed by atoms with E-state index in [0.29, 0.717) is 0 Å². The van der Waals surface area contributed by atoms with Gasteiger partial charge in [-0.15, -0.1) is 0 Å². The van der Waals surface area contributed by atoms with Crippen LogP contribution in [0.15, 0.2) is 92.9 Å². The van der Waals surface area contributed by atoms with Gasteiger partial charge < -0.3 is 14.4 Å². The summed E-state index contributed by atoms with van der Waals surface area (Å²) < 4.78 is 6.69. The monoisotopic (exact) mass is 594 g/mol. The Hall–Kier alpha value is -2.81. The van der Waals surface area contributed by atoms with E-state index in [0.717, 1.165) is 35.7 Å². The van der Waals surface area contributed by atoms with Gasteiger partial charge in [-0.3, -0.25) is 0 Å². The van der Waals surface area contributed by atoms with E-state index in [4.69, 9.17) is 16.2 Å². The first-order valence-corrected chi connectivity index (χ1v) is 18.2. The summed E-state index contributed by atoms with van der Waals surface area (Å²) in [5.41, 5.74) is 6.68. The smallest absolute Gasteiger partial charge is 0.115 e. The van der Waals surface area contributed by atoms with Crippen molar-refractivity contribution in [3.05, 3.63) is 123 Å². The Balaban J connectivity index is 1.58. The number of benzene rings is 1. The molecule has 0 amide bonds. The predicted octanol–water partition coefficient (Wildman–Crippen LogP) is 9.67. The average molecular weight is 595 g/mol. The highest BCUT2D eigenvalue weighted by molar-refractivity contribution is 8.22. The molecular weight excluding hydrogens is 551 g/mol. The largest absolute Gasteiger partial charge is 0.464 e. The normalized spacial score (nSPS) is 22.9. The van der Waals surface area contributed by atoms with Crippen LogP contribution in [0.5, 0.6) is 0 Å². The van der Waals surface area contributed by atoms with Gasteiger partial charge in [0.15, 0.2) is 0 Å². The van der Waals surface area contributed by atoms with Gasteiger partial charge in [-0.05, 0) is 110 Å². The molecule has 2 N–H and O–H groups in total. The second-order valence-corrected chi connectivity index (χ2v) is 19.0. The zero-order valence-electron chi connectivity index (χ0n) is 26.2. The van der Waals surface area contributed by atoms with Crippen LogP contribution >= 0.6 is 6.04 Å². The molecule has 2 aliphatic heterocycles. The van der Waals surface area contributed by atoms with Crippen molar-refractivity contribution < 1.29 is 4.42 Å². The van der Waals surface area contributed by atoms with E-state index >= 15 is 0 Å². The maximum absolute atomic E-state index is 7.20. The number of fused-ring (bicyclic) bond motifs is 9. The first kappa shape index (κ1) is 28.0. The van der Waals surface area contributed by atoms with Crippen LogP contribution in [0.2, 0.25) is 0 Å². The zero-order valence-corrected chi connectivity index (χ0v) is 27.9. The number of hydrogen-bond donors (Lipinski definition) is 2. The third-order valence-electron chi connectivity index (χ3n) is 10.6. The van der Waals surface area contributed by atoms with Crippen LogP contribution in [-0.2, 0) is 33.5 Å². The molecule has 0 saturated heterocycles. The maximum Gasteiger partial charge on any atom is 0.115 e. The van der Waals surface area contributed by atoms with Crippen molar-refractivity contribution in [3.8, 4) is 0 Å². The highest BCUT2D eigenvalue weighted by atomic mass is 32.4. The van der Waals surface area contributed by atoms with E-state index in [1.165, 1.54) is 44.9 Å². The summed E-state index contributed by atoms with van der Waals surface area (Å²) in [6.07, 6.45) is 3.41. The number of aromatic nitrogens is 2. The van der Waals surface area contributed by atoms with Gasteiger partial charge >= 0.3 is 0 Å². The standard InChI is InChI=1S/C37H43N2OPS/c1-34(2)26-17-19-28(38-26)36(5,6)32-24-15-12-16-25(24)33(41(32,42)23-13-10-9-11-14-23)37(7,8)29-20-18-27(39-29)35(3,4)31-22-21-30(34)40-31/h9-11,13-14,17-22,38-39H,12,15-16H2,1-8H3. The van der Waals surface area contributed by atoms with Gasteiger partial charge in [-0.25, -0.2) is 0 Å². The molecule has 1 saturated carbocycles. The number of rotatable bonds is 1. The van der Waals surface area contributed by atoms with Crippen molar-refractivity contribution in [2.24, 2.45) is 0 Å². The van der Waals surface area contributed by atoms with Gasteiger partial charge in [0.05, 0.1) is 10.8 Å². The van der Waals surface area contributed by atoms with Crippen LogP contribution in [0.1, 0.15) is 109 Å². The molecule has 3 aliphatic rings. The molecule has 8 bridgehead atoms. The molecular formula is C37H43N2OPS. The first-order chi connectivity index (χ1) is 19.7. The Morgan fingerprint density at radius 1 is 0.571 bits per heavy atom. The van der Waals surface area contributed by atoms with Crippen molar-refractivity contribution in [1.29, 1.82) is 0 Å². The molecule has 5 heterocycles. The third-order valence-corrected chi connectivity index (χ3v) is 16.3. The number of aromatic amines is 2. The molecule has 0 radical (unpaired) electrons. The highest BCUT2D eigenvalue weighted by Gasteiger charge is 2.53. The van der Waals surface area contributed by atoms with E-state index in [9.17, 15) is 0 Å². The fourth-order valence-corrected chi connectivity index (χ4v) is 14.8. The van der Waals surface area contributed by atoms with Crippen molar-refractivity contribution >= 4 is 23.1 Å². The topological polar surface area (TPSA) is 44.7 Å². The summed E-state index contributed by atoms with van der Waals surface area (Å²) >= 11 is 7.20. The lowest BCUT2D eigenvalue weighted by Gasteiger charge is -2.40. The van der Waals surface area contributed by atoms with E-state index in [-0.39, 0.29) is 21.7 Å². The molecule has 0 unspecified atom stereocenters. The summed E-state index contributed by atoms with van der Waals surface area (Å²) in [7, 11) is 0. The summed E-state index contributed by atoms with van der Waals surface area (Å²) in [4.78, 5) is 7.84. The summed E-state index contributed by atoms with van der Waals surface area (Å²) in [5, 5.41) is 4.28. The number of hydrogen-bond acceptors (Lipinski definition) is 2. The van der Waals surface area contributed by atoms with Gasteiger partial charge in [0.25, 0.3) is 0 Å². The molecule has 1 aromatic carbocycles. The fourth-order valence-electron chi connectivity index (χ4n) is 7.97. The van der Waals surface area contributed by atoms with Crippen molar-refractivity contribution in [2.45, 2.75) is 96.3 Å². The van der Waals surface area contributed by atoms with E-state index in [1.54, 1.807) is 0 Å². The SMILES string of the molecule is CC1(C)C2=C3CCCC3=C(C(C)(C)c3ccc([nH]3)C(C)(C)c3ccc(o3)C(C)(C)c3ccc1[nH]3)P2(=S)c1ccccc1. The molecule has 0 atom stereocenters. The van der Waals surface area contributed by atoms with Crippen LogP contribution in [0.4, 0.5) is 0 Å². The van der Waals surface area contributed by atoms with E-state index in [1.807, 2.05) is 0 Å². The van der Waals surface area contributed by atoms with Gasteiger partial charge in [0.1, 0.15) is 11.5 Å². The third kappa shape index (κ3) is 3.61. The van der Waals surface area contributed by atoms with Gasteiger partial charge in [-0.1, -0.05) is 69.8 Å². The van der Waals surface area contributed by atoms with Crippen LogP contribution in [-0.4, -0.2) is 9.97 Å². The molecule has 5 heteroatoms. The average Bonchev–Trinajstić information content (AvgIpc) is 3.76. The molecule has 1 aliphatic carbocycles. The maximum atomic E-state index is 7.20. The highest BCUT2D eigenvalue weighted by Crippen LogP contribution is 2.77. The minimum Gasteiger partial charge on any atom is -0.464 e. The Morgan fingerprint density at radius 3 is 1.40 bits per heavy atom. The van der Waals surface area contributed by atoms with Crippen molar-refractivity contribution in [1.82, 2.24) is 9.97 Å². The van der Waals surface area contributed by atoms with Crippen LogP contribution in [0.3, 0.4) is 0 Å². The quantitative estimate of drug-likeness (QED) is 0.216. The predicted molar refractivity (Wildman–Crippen MR) is 179 cm³/mol. The molecule has 0 spiro atoms. The Kier molecular flexibility index (Phi) is 5.91. The van der Waals surface area contributed by atoms with Crippen molar-refractivity contribution in [2.75, 3.05) is 0 Å². The second kappa shape index (κ2) is 8.87. The fraction of sp³-hybridized carbons (Fsp3) is 0.405. The number of nitrogens with one attached hydrogen (secondary N) is 2. The number of furan rings is 1. The lowest BCUT2D eigenvalue weighted by molar-refractivity contribution is 0.359. The summed E-state index contributed by atoms with van der Waals surface area (Å²) in [5.74, 6) is 1.94. The number of H-pyrrole nitrogens is 2. The van der Waals surface area contributed by atoms with E-state index in [2.05, 4.69) is 132 Å². The Morgan fingerprint density at radius 2 is 0.976 bits per heavy atom. The van der Waals surface area contributed by atoms with Crippen LogP contribution < -0.4 is 5.30 Å². The first-order valence-electron chi connectivity index (χ1n) is 15.4. The van der Waals surface area contributed by atoms with E-state index < -0.39 is 6.04 Å². The second-order valence-electron chi connectivity index (χ2n) is 14.7. The Labute approximate surface area is 255 Å². The summed E-state index contributed by atoms with van der Waals surface area (Å²) in [6.45, 7) is 18.6. The number of allylic oxidation sites excluding steroid dienone is 4. The minimum atomic E-state index is -2.36. The molecule has 218 valence electrons. The summed E-state index contributed by atoms with van der Waals surface area (Å²) in [6, 6.07) is 22.2. The van der Waals surface area contributed by atoms with Crippen LogP contribution in [0.25, 0.3) is 0 Å². The van der Waals surface area contributed by atoms with Gasteiger partial charge in [-0.2, -0.15) is 0 Å². The molecule has 1 fully saturated rings. The Bertz CT molecular complexity index is 1730. The van der Waals surface area contributed by atoms with Crippen molar-refractivity contribution in [3.63, 3.8) is 0 Å².